The Hall–Kier alpha value is -3.12. The van der Waals surface area contributed by atoms with Crippen LogP contribution in [0.2, 0.25) is 0 Å². The summed E-state index contributed by atoms with van der Waals surface area (Å²) >= 11 is 0. The van der Waals surface area contributed by atoms with Crippen molar-refractivity contribution in [2.45, 2.75) is 13.8 Å². The Morgan fingerprint density at radius 1 is 1.00 bits per heavy atom. The summed E-state index contributed by atoms with van der Waals surface area (Å²) in [5, 5.41) is 0.780. The van der Waals surface area contributed by atoms with Gasteiger partial charge in [0, 0.05) is 49.9 Å². The second-order valence-corrected chi connectivity index (χ2v) is 8.56. The van der Waals surface area contributed by atoms with E-state index in [-0.39, 0.29) is 11.7 Å². The van der Waals surface area contributed by atoms with Gasteiger partial charge in [0.1, 0.15) is 11.3 Å². The number of benzene rings is 2. The van der Waals surface area contributed by atoms with Crippen molar-refractivity contribution >= 4 is 22.4 Å². The molecule has 1 atom stereocenters. The molecular weight excluding hydrogens is 392 g/mol. The second-order valence-electron chi connectivity index (χ2n) is 8.56. The summed E-state index contributed by atoms with van der Waals surface area (Å²) in [7, 11) is 0. The summed E-state index contributed by atoms with van der Waals surface area (Å²) in [6, 6.07) is 13.7. The number of ketones is 1. The van der Waals surface area contributed by atoms with Gasteiger partial charge in [-0.05, 0) is 49.2 Å². The molecule has 3 heterocycles. The predicted molar refractivity (Wildman–Crippen MR) is 120 cm³/mol. The Bertz CT molecular complexity index is 1210. The molecule has 0 saturated carbocycles. The first-order chi connectivity index (χ1) is 15.0. The van der Waals surface area contributed by atoms with E-state index in [9.17, 15) is 9.59 Å². The Balaban J connectivity index is 1.32. The summed E-state index contributed by atoms with van der Waals surface area (Å²) in [5.74, 6) is 0.239. The van der Waals surface area contributed by atoms with E-state index >= 15 is 0 Å². The topological polar surface area (TPSA) is 63.0 Å². The smallest absolute Gasteiger partial charge is 0.336 e. The molecule has 31 heavy (non-hydrogen) atoms. The monoisotopic (exact) mass is 418 g/mol. The lowest BCUT2D eigenvalue weighted by Crippen LogP contribution is -2.49. The molecule has 2 aliphatic heterocycles. The van der Waals surface area contributed by atoms with Crippen LogP contribution in [0.4, 0.5) is 5.69 Å². The van der Waals surface area contributed by atoms with Crippen LogP contribution in [0.3, 0.4) is 0 Å². The van der Waals surface area contributed by atoms with Crippen molar-refractivity contribution in [1.82, 2.24) is 4.90 Å². The minimum absolute atomic E-state index is 0.00159. The SMILES string of the molecule is Cc1cccc(N2CCN(CC3COc4ccc5c(C)cc(=O)oc5c4C3=O)CC2)c1. The Labute approximate surface area is 181 Å². The van der Waals surface area contributed by atoms with Gasteiger partial charge in [-0.1, -0.05) is 12.1 Å². The highest BCUT2D eigenvalue weighted by atomic mass is 16.5. The maximum Gasteiger partial charge on any atom is 0.336 e. The highest BCUT2D eigenvalue weighted by Crippen LogP contribution is 2.34. The molecule has 0 aliphatic carbocycles. The average Bonchev–Trinajstić information content (AvgIpc) is 2.75. The fraction of sp³-hybridized carbons (Fsp3) is 0.360. The zero-order chi connectivity index (χ0) is 21.5. The number of piperazine rings is 1. The first-order valence-corrected chi connectivity index (χ1v) is 10.8. The van der Waals surface area contributed by atoms with Crippen molar-refractivity contribution in [3.63, 3.8) is 0 Å². The number of carbonyl (C=O) groups is 1. The molecule has 0 bridgehead atoms. The fourth-order valence-corrected chi connectivity index (χ4v) is 4.65. The Morgan fingerprint density at radius 3 is 2.58 bits per heavy atom. The van der Waals surface area contributed by atoms with Crippen LogP contribution in [0, 0.1) is 19.8 Å². The molecule has 1 aromatic heterocycles. The maximum absolute atomic E-state index is 13.4. The third kappa shape index (κ3) is 3.72. The Morgan fingerprint density at radius 2 is 1.81 bits per heavy atom. The van der Waals surface area contributed by atoms with Crippen molar-refractivity contribution in [3.05, 3.63) is 69.6 Å². The molecular formula is C25H26N2O4. The first kappa shape index (κ1) is 19.8. The highest BCUT2D eigenvalue weighted by molar-refractivity contribution is 6.10. The molecule has 5 rings (SSSR count). The van der Waals surface area contributed by atoms with Gasteiger partial charge in [-0.3, -0.25) is 9.69 Å². The van der Waals surface area contributed by atoms with Crippen LogP contribution in [0.15, 0.2) is 51.7 Å². The largest absolute Gasteiger partial charge is 0.492 e. The van der Waals surface area contributed by atoms with E-state index in [1.165, 1.54) is 17.3 Å². The number of hydrogen-bond donors (Lipinski definition) is 0. The quantitative estimate of drug-likeness (QED) is 0.608. The van der Waals surface area contributed by atoms with Crippen LogP contribution < -0.4 is 15.3 Å². The van der Waals surface area contributed by atoms with Crippen molar-refractivity contribution < 1.29 is 13.9 Å². The third-order valence-electron chi connectivity index (χ3n) is 6.36. The van der Waals surface area contributed by atoms with Crippen molar-refractivity contribution in [1.29, 1.82) is 0 Å². The van der Waals surface area contributed by atoms with Crippen LogP contribution in [0.25, 0.3) is 11.0 Å². The van der Waals surface area contributed by atoms with Crippen molar-refractivity contribution in [2.24, 2.45) is 5.92 Å². The number of fused-ring (bicyclic) bond motifs is 3. The van der Waals surface area contributed by atoms with E-state index < -0.39 is 5.63 Å². The summed E-state index contributed by atoms with van der Waals surface area (Å²) < 4.78 is 11.4. The highest BCUT2D eigenvalue weighted by Gasteiger charge is 2.34. The molecule has 1 saturated heterocycles. The van der Waals surface area contributed by atoms with Crippen molar-refractivity contribution in [2.75, 3.05) is 44.2 Å². The average molecular weight is 418 g/mol. The zero-order valence-electron chi connectivity index (χ0n) is 17.9. The minimum Gasteiger partial charge on any atom is -0.492 e. The van der Waals surface area contributed by atoms with E-state index in [1.54, 1.807) is 6.07 Å². The number of nitrogens with zero attached hydrogens (tertiary/aromatic N) is 2. The Kier molecular flexibility index (Phi) is 5.02. The van der Waals surface area contributed by atoms with Gasteiger partial charge in [0.25, 0.3) is 0 Å². The molecule has 6 heteroatoms. The molecule has 0 spiro atoms. The molecule has 0 amide bonds. The lowest BCUT2D eigenvalue weighted by atomic mass is 9.92. The molecule has 1 unspecified atom stereocenters. The van der Waals surface area contributed by atoms with Gasteiger partial charge in [-0.2, -0.15) is 0 Å². The summed E-state index contributed by atoms with van der Waals surface area (Å²) in [6.07, 6.45) is 0. The van der Waals surface area contributed by atoms with Gasteiger partial charge in [0.2, 0.25) is 0 Å². The standard InChI is InChI=1S/C25H26N2O4/c1-16-4-3-5-19(12-16)27-10-8-26(9-11-27)14-18-15-30-21-7-6-20-17(2)13-22(28)31-25(20)23(21)24(18)29/h3-7,12-13,18H,8-11,14-15H2,1-2H3. The molecule has 1 fully saturated rings. The zero-order valence-corrected chi connectivity index (χ0v) is 17.9. The molecule has 2 aliphatic rings. The maximum atomic E-state index is 13.4. The number of rotatable bonds is 3. The van der Waals surface area contributed by atoms with Crippen LogP contribution in [-0.4, -0.2) is 50.0 Å². The van der Waals surface area contributed by atoms with Crippen LogP contribution in [-0.2, 0) is 0 Å². The molecule has 160 valence electrons. The summed E-state index contributed by atoms with van der Waals surface area (Å²) in [5.41, 5.74) is 3.63. The normalized spacial score (nSPS) is 19.4. The van der Waals surface area contributed by atoms with E-state index in [4.69, 9.17) is 9.15 Å². The number of anilines is 1. The van der Waals surface area contributed by atoms with Gasteiger partial charge in [-0.25, -0.2) is 4.79 Å². The molecule has 0 N–H and O–H groups in total. The van der Waals surface area contributed by atoms with Crippen LogP contribution >= 0.6 is 0 Å². The van der Waals surface area contributed by atoms with Crippen molar-refractivity contribution in [3.8, 4) is 5.75 Å². The van der Waals surface area contributed by atoms with Gasteiger partial charge < -0.3 is 14.1 Å². The van der Waals surface area contributed by atoms with Gasteiger partial charge >= 0.3 is 5.63 Å². The van der Waals surface area contributed by atoms with E-state index in [2.05, 4.69) is 41.0 Å². The molecule has 6 nitrogen and oxygen atoms in total. The number of Topliss-reactive ketones (excluding diaryl/α,β-unsaturated/α-hetero) is 1. The predicted octanol–water partition coefficient (Wildman–Crippen LogP) is 3.42. The van der Waals surface area contributed by atoms with Gasteiger partial charge in [-0.15, -0.1) is 0 Å². The fourth-order valence-electron chi connectivity index (χ4n) is 4.65. The summed E-state index contributed by atoms with van der Waals surface area (Å²) in [6.45, 7) is 8.61. The molecule has 2 aromatic carbocycles. The third-order valence-corrected chi connectivity index (χ3v) is 6.36. The molecule has 0 radical (unpaired) electrons. The van der Waals surface area contributed by atoms with Gasteiger partial charge in [0.05, 0.1) is 12.5 Å². The lowest BCUT2D eigenvalue weighted by molar-refractivity contribution is 0.0764. The van der Waals surface area contributed by atoms with Gasteiger partial charge in [0.15, 0.2) is 11.4 Å². The van der Waals surface area contributed by atoms with E-state index in [1.807, 2.05) is 13.0 Å². The number of carbonyl (C=O) groups excluding carboxylic acids is 1. The lowest BCUT2D eigenvalue weighted by Gasteiger charge is -2.38. The second kappa shape index (κ2) is 7.85. The molecule has 3 aromatic rings. The van der Waals surface area contributed by atoms with E-state index in [0.29, 0.717) is 30.0 Å². The number of hydrogen-bond acceptors (Lipinski definition) is 6. The first-order valence-electron chi connectivity index (χ1n) is 10.8. The number of aryl methyl sites for hydroxylation is 2. The minimum atomic E-state index is -0.444. The number of ether oxygens (including phenoxy) is 1. The van der Waals surface area contributed by atoms with E-state index in [0.717, 1.165) is 37.1 Å². The van der Waals surface area contributed by atoms with Crippen LogP contribution in [0.1, 0.15) is 21.5 Å². The summed E-state index contributed by atoms with van der Waals surface area (Å²) in [4.78, 5) is 30.0. The van der Waals surface area contributed by atoms with Crippen LogP contribution in [0.5, 0.6) is 5.75 Å².